The average Bonchev–Trinajstić information content (AvgIpc) is 2.56. The summed E-state index contributed by atoms with van der Waals surface area (Å²) in [5.74, 6) is 2.61. The molecule has 7 nitrogen and oxygen atoms in total. The van der Waals surface area contributed by atoms with Crippen LogP contribution in [0.25, 0.3) is 0 Å². The highest BCUT2D eigenvalue weighted by Gasteiger charge is 2.19. The van der Waals surface area contributed by atoms with E-state index in [1.165, 1.54) is 0 Å². The van der Waals surface area contributed by atoms with E-state index in [9.17, 15) is 0 Å². The van der Waals surface area contributed by atoms with Crippen molar-refractivity contribution < 1.29 is 0 Å². The molecule has 0 bridgehead atoms. The molecule has 0 atom stereocenters. The van der Waals surface area contributed by atoms with Gasteiger partial charge in [-0.25, -0.2) is 4.98 Å². The fraction of sp³-hybridized carbons (Fsp3) is 0.467. The van der Waals surface area contributed by atoms with Crippen LogP contribution >= 0.6 is 0 Å². The SMILES string of the molecule is CCNc1nccc(N2CCN(c3ccc(C)nn3)CC2)n1. The van der Waals surface area contributed by atoms with Crippen LogP contribution in [0.3, 0.4) is 0 Å². The molecule has 0 unspecified atom stereocenters. The molecule has 1 saturated heterocycles. The quantitative estimate of drug-likeness (QED) is 0.913. The molecule has 22 heavy (non-hydrogen) atoms. The minimum absolute atomic E-state index is 0.687. The molecule has 1 fully saturated rings. The second-order valence-electron chi connectivity index (χ2n) is 5.28. The minimum atomic E-state index is 0.687. The molecule has 0 amide bonds. The lowest BCUT2D eigenvalue weighted by molar-refractivity contribution is 0.637. The summed E-state index contributed by atoms with van der Waals surface area (Å²) in [6.45, 7) is 8.47. The lowest BCUT2D eigenvalue weighted by Gasteiger charge is -2.35. The Kier molecular flexibility index (Phi) is 4.32. The zero-order valence-electron chi connectivity index (χ0n) is 13.0. The number of hydrogen-bond acceptors (Lipinski definition) is 7. The molecule has 0 spiro atoms. The van der Waals surface area contributed by atoms with Gasteiger partial charge in [-0.15, -0.1) is 5.10 Å². The van der Waals surface area contributed by atoms with E-state index in [4.69, 9.17) is 0 Å². The third kappa shape index (κ3) is 3.24. The first-order valence-corrected chi connectivity index (χ1v) is 7.63. The monoisotopic (exact) mass is 299 g/mol. The molecule has 3 heterocycles. The van der Waals surface area contributed by atoms with Crippen molar-refractivity contribution in [2.24, 2.45) is 0 Å². The molecule has 116 valence electrons. The Bertz CT molecular complexity index is 606. The maximum absolute atomic E-state index is 4.55. The molecule has 1 aliphatic rings. The van der Waals surface area contributed by atoms with Crippen LogP contribution in [0, 0.1) is 6.92 Å². The van der Waals surface area contributed by atoms with E-state index in [0.29, 0.717) is 5.95 Å². The fourth-order valence-corrected chi connectivity index (χ4v) is 2.49. The number of nitrogens with one attached hydrogen (secondary N) is 1. The first-order chi connectivity index (χ1) is 10.8. The molecule has 2 aromatic rings. The molecule has 7 heteroatoms. The molecule has 3 rings (SSSR count). The Hall–Kier alpha value is -2.44. The summed E-state index contributed by atoms with van der Waals surface area (Å²) >= 11 is 0. The van der Waals surface area contributed by atoms with Gasteiger partial charge in [0.15, 0.2) is 5.82 Å². The van der Waals surface area contributed by atoms with Crippen molar-refractivity contribution in [2.45, 2.75) is 13.8 Å². The highest BCUT2D eigenvalue weighted by Crippen LogP contribution is 2.17. The van der Waals surface area contributed by atoms with Crippen LogP contribution in [-0.4, -0.2) is 52.9 Å². The van der Waals surface area contributed by atoms with Crippen molar-refractivity contribution >= 4 is 17.6 Å². The maximum atomic E-state index is 4.55. The third-order valence-electron chi connectivity index (χ3n) is 3.69. The van der Waals surface area contributed by atoms with Gasteiger partial charge in [-0.1, -0.05) is 0 Å². The van der Waals surface area contributed by atoms with Gasteiger partial charge in [0, 0.05) is 38.9 Å². The van der Waals surface area contributed by atoms with Gasteiger partial charge >= 0.3 is 0 Å². The van der Waals surface area contributed by atoms with E-state index in [1.54, 1.807) is 6.20 Å². The highest BCUT2D eigenvalue weighted by atomic mass is 15.3. The van der Waals surface area contributed by atoms with Crippen LogP contribution in [0.1, 0.15) is 12.6 Å². The first kappa shape index (κ1) is 14.5. The summed E-state index contributed by atoms with van der Waals surface area (Å²) in [5, 5.41) is 11.5. The normalized spacial score (nSPS) is 15.0. The van der Waals surface area contributed by atoms with E-state index in [1.807, 2.05) is 32.0 Å². The van der Waals surface area contributed by atoms with Crippen LogP contribution in [0.15, 0.2) is 24.4 Å². The summed E-state index contributed by atoms with van der Waals surface area (Å²) in [7, 11) is 0. The molecule has 1 aliphatic heterocycles. The van der Waals surface area contributed by atoms with Crippen molar-refractivity contribution in [3.8, 4) is 0 Å². The van der Waals surface area contributed by atoms with E-state index in [2.05, 4.69) is 35.3 Å². The first-order valence-electron chi connectivity index (χ1n) is 7.63. The molecular formula is C15H21N7. The van der Waals surface area contributed by atoms with Gasteiger partial charge in [0.25, 0.3) is 0 Å². The number of rotatable bonds is 4. The minimum Gasteiger partial charge on any atom is -0.354 e. The van der Waals surface area contributed by atoms with Crippen LogP contribution in [0.4, 0.5) is 17.6 Å². The summed E-state index contributed by atoms with van der Waals surface area (Å²) in [4.78, 5) is 13.3. The van der Waals surface area contributed by atoms with Gasteiger partial charge < -0.3 is 15.1 Å². The van der Waals surface area contributed by atoms with E-state index in [0.717, 1.165) is 50.1 Å². The Labute approximate surface area is 130 Å². The van der Waals surface area contributed by atoms with Crippen LogP contribution in [0.5, 0.6) is 0 Å². The Balaban J connectivity index is 1.64. The van der Waals surface area contributed by atoms with E-state index >= 15 is 0 Å². The Morgan fingerprint density at radius 1 is 1.00 bits per heavy atom. The second-order valence-corrected chi connectivity index (χ2v) is 5.28. The standard InChI is InChI=1S/C15H21N7/c1-3-16-15-17-7-6-13(18-15)21-8-10-22(11-9-21)14-5-4-12(2)19-20-14/h4-7H,3,8-11H2,1-2H3,(H,16,17,18). The largest absolute Gasteiger partial charge is 0.354 e. The zero-order valence-corrected chi connectivity index (χ0v) is 13.0. The third-order valence-corrected chi connectivity index (χ3v) is 3.69. The molecule has 1 N–H and O–H groups in total. The van der Waals surface area contributed by atoms with Crippen LogP contribution < -0.4 is 15.1 Å². The molecule has 2 aromatic heterocycles. The predicted octanol–water partition coefficient (Wildman–Crippen LogP) is 1.33. The van der Waals surface area contributed by atoms with Gasteiger partial charge in [0.1, 0.15) is 5.82 Å². The summed E-state index contributed by atoms with van der Waals surface area (Å²) in [6, 6.07) is 6.00. The summed E-state index contributed by atoms with van der Waals surface area (Å²) in [6.07, 6.45) is 1.80. The van der Waals surface area contributed by atoms with Crippen LogP contribution in [0.2, 0.25) is 0 Å². The number of piperazine rings is 1. The number of nitrogens with zero attached hydrogens (tertiary/aromatic N) is 6. The Morgan fingerprint density at radius 2 is 1.73 bits per heavy atom. The zero-order chi connectivity index (χ0) is 15.4. The molecule has 0 saturated carbocycles. The Morgan fingerprint density at radius 3 is 2.36 bits per heavy atom. The number of aryl methyl sites for hydroxylation is 1. The summed E-state index contributed by atoms with van der Waals surface area (Å²) in [5.41, 5.74) is 0.944. The van der Waals surface area contributed by atoms with Gasteiger partial charge in [0.05, 0.1) is 5.69 Å². The van der Waals surface area contributed by atoms with Crippen LogP contribution in [-0.2, 0) is 0 Å². The van der Waals surface area contributed by atoms with Gasteiger partial charge in [-0.3, -0.25) is 0 Å². The van der Waals surface area contributed by atoms with Gasteiger partial charge in [0.2, 0.25) is 5.95 Å². The van der Waals surface area contributed by atoms with Crippen molar-refractivity contribution in [1.82, 2.24) is 20.2 Å². The number of aromatic nitrogens is 4. The predicted molar refractivity (Wildman–Crippen MR) is 87.4 cm³/mol. The second kappa shape index (κ2) is 6.55. The molecular weight excluding hydrogens is 278 g/mol. The van der Waals surface area contributed by atoms with Gasteiger partial charge in [-0.05, 0) is 32.0 Å². The number of anilines is 3. The van der Waals surface area contributed by atoms with Crippen molar-refractivity contribution in [1.29, 1.82) is 0 Å². The number of hydrogen-bond donors (Lipinski definition) is 1. The van der Waals surface area contributed by atoms with Crippen molar-refractivity contribution in [3.63, 3.8) is 0 Å². The molecule has 0 radical (unpaired) electrons. The topological polar surface area (TPSA) is 70.1 Å². The van der Waals surface area contributed by atoms with Crippen molar-refractivity contribution in [3.05, 3.63) is 30.1 Å². The molecule has 0 aromatic carbocycles. The maximum Gasteiger partial charge on any atom is 0.224 e. The smallest absolute Gasteiger partial charge is 0.224 e. The summed E-state index contributed by atoms with van der Waals surface area (Å²) < 4.78 is 0. The van der Waals surface area contributed by atoms with Crippen molar-refractivity contribution in [2.75, 3.05) is 47.8 Å². The van der Waals surface area contributed by atoms with E-state index < -0.39 is 0 Å². The fourth-order valence-electron chi connectivity index (χ4n) is 2.49. The molecule has 0 aliphatic carbocycles. The lowest BCUT2D eigenvalue weighted by atomic mass is 10.3. The highest BCUT2D eigenvalue weighted by molar-refractivity contribution is 5.46. The van der Waals surface area contributed by atoms with Gasteiger partial charge in [-0.2, -0.15) is 10.1 Å². The average molecular weight is 299 g/mol. The lowest BCUT2D eigenvalue weighted by Crippen LogP contribution is -2.47. The van der Waals surface area contributed by atoms with E-state index in [-0.39, 0.29) is 0 Å².